The molecule has 0 bridgehead atoms. The third-order valence-electron chi connectivity index (χ3n) is 4.45. The first kappa shape index (κ1) is 22.4. The molecule has 7 nitrogen and oxygen atoms in total. The van der Waals surface area contributed by atoms with Gasteiger partial charge in [0.1, 0.15) is 10.8 Å². The fourth-order valence-corrected chi connectivity index (χ4v) is 4.07. The standard InChI is InChI=1S/C21H26N2O5S/c1-6-23(7-2)20(25)17-13(4)16(21(26)28-8-3)19(29-17)22-18(24)14-11-9-10-12-15(14)27-5/h9-12H,6-8H2,1-5H3,(H,22,24). The Morgan fingerprint density at radius 2 is 1.76 bits per heavy atom. The number of ether oxygens (including phenoxy) is 2. The van der Waals surface area contributed by atoms with Crippen molar-refractivity contribution in [1.82, 2.24) is 4.90 Å². The summed E-state index contributed by atoms with van der Waals surface area (Å²) in [5.41, 5.74) is 1.03. The second kappa shape index (κ2) is 10.1. The second-order valence-corrected chi connectivity index (χ2v) is 7.13. The van der Waals surface area contributed by atoms with Crippen LogP contribution in [-0.2, 0) is 4.74 Å². The zero-order chi connectivity index (χ0) is 21.6. The van der Waals surface area contributed by atoms with Crippen LogP contribution in [0, 0.1) is 6.92 Å². The predicted octanol–water partition coefficient (Wildman–Crippen LogP) is 3.98. The Hall–Kier alpha value is -2.87. The zero-order valence-corrected chi connectivity index (χ0v) is 18.1. The maximum absolute atomic E-state index is 12.9. The van der Waals surface area contributed by atoms with E-state index in [0.29, 0.717) is 34.8 Å². The Balaban J connectivity index is 2.49. The molecule has 8 heteroatoms. The molecular weight excluding hydrogens is 392 g/mol. The van der Waals surface area contributed by atoms with Gasteiger partial charge in [0.25, 0.3) is 11.8 Å². The quantitative estimate of drug-likeness (QED) is 0.656. The lowest BCUT2D eigenvalue weighted by Crippen LogP contribution is -2.30. The van der Waals surface area contributed by atoms with Crippen molar-refractivity contribution in [2.45, 2.75) is 27.7 Å². The molecule has 1 heterocycles. The van der Waals surface area contributed by atoms with Crippen LogP contribution in [0.15, 0.2) is 24.3 Å². The van der Waals surface area contributed by atoms with Gasteiger partial charge in [-0.3, -0.25) is 9.59 Å². The molecule has 1 aromatic heterocycles. The molecule has 0 fully saturated rings. The van der Waals surface area contributed by atoms with Crippen LogP contribution in [0.3, 0.4) is 0 Å². The molecule has 0 atom stereocenters. The number of hydrogen-bond donors (Lipinski definition) is 1. The monoisotopic (exact) mass is 418 g/mol. The fraction of sp³-hybridized carbons (Fsp3) is 0.381. The molecule has 0 saturated heterocycles. The molecule has 0 unspecified atom stereocenters. The average Bonchev–Trinajstić information content (AvgIpc) is 3.04. The lowest BCUT2D eigenvalue weighted by atomic mass is 10.1. The first-order valence-corrected chi connectivity index (χ1v) is 10.2. The summed E-state index contributed by atoms with van der Waals surface area (Å²) in [4.78, 5) is 40.3. The van der Waals surface area contributed by atoms with E-state index in [-0.39, 0.29) is 23.1 Å². The van der Waals surface area contributed by atoms with Crippen molar-refractivity contribution in [2.75, 3.05) is 32.1 Å². The molecule has 156 valence electrons. The third kappa shape index (κ3) is 4.76. The number of anilines is 1. The van der Waals surface area contributed by atoms with Gasteiger partial charge in [-0.15, -0.1) is 11.3 Å². The molecule has 1 N–H and O–H groups in total. The van der Waals surface area contributed by atoms with E-state index in [9.17, 15) is 14.4 Å². The maximum Gasteiger partial charge on any atom is 0.341 e. The van der Waals surface area contributed by atoms with Crippen LogP contribution in [0.4, 0.5) is 5.00 Å². The van der Waals surface area contributed by atoms with Gasteiger partial charge in [-0.2, -0.15) is 0 Å². The molecule has 2 aromatic rings. The van der Waals surface area contributed by atoms with Gasteiger partial charge in [-0.1, -0.05) is 12.1 Å². The minimum atomic E-state index is -0.574. The van der Waals surface area contributed by atoms with Crippen LogP contribution in [0.2, 0.25) is 0 Å². The summed E-state index contributed by atoms with van der Waals surface area (Å²) < 4.78 is 10.4. The van der Waals surface area contributed by atoms with Crippen LogP contribution < -0.4 is 10.1 Å². The number of hydrogen-bond acceptors (Lipinski definition) is 6. The van der Waals surface area contributed by atoms with Crippen molar-refractivity contribution < 1.29 is 23.9 Å². The molecule has 0 aliphatic heterocycles. The minimum Gasteiger partial charge on any atom is -0.496 e. The van der Waals surface area contributed by atoms with E-state index in [1.165, 1.54) is 7.11 Å². The van der Waals surface area contributed by atoms with Crippen molar-refractivity contribution in [3.8, 4) is 5.75 Å². The fourth-order valence-electron chi connectivity index (χ4n) is 2.91. The summed E-state index contributed by atoms with van der Waals surface area (Å²) in [6, 6.07) is 6.78. The normalized spacial score (nSPS) is 10.4. The Labute approximate surface area is 174 Å². The van der Waals surface area contributed by atoms with Crippen LogP contribution in [0.5, 0.6) is 5.75 Å². The van der Waals surface area contributed by atoms with Crippen LogP contribution >= 0.6 is 11.3 Å². The number of thiophene rings is 1. The number of carbonyl (C=O) groups excluding carboxylic acids is 3. The van der Waals surface area contributed by atoms with Gasteiger partial charge >= 0.3 is 5.97 Å². The van der Waals surface area contributed by atoms with E-state index in [1.807, 2.05) is 13.8 Å². The lowest BCUT2D eigenvalue weighted by molar-refractivity contribution is 0.0527. The third-order valence-corrected chi connectivity index (χ3v) is 5.65. The number of esters is 1. The highest BCUT2D eigenvalue weighted by Crippen LogP contribution is 2.35. The molecule has 2 amide bonds. The first-order chi connectivity index (χ1) is 13.9. The summed E-state index contributed by atoms with van der Waals surface area (Å²) in [7, 11) is 1.48. The minimum absolute atomic E-state index is 0.180. The summed E-state index contributed by atoms with van der Waals surface area (Å²) in [6.07, 6.45) is 0. The topological polar surface area (TPSA) is 84.9 Å². The Morgan fingerprint density at radius 1 is 1.10 bits per heavy atom. The summed E-state index contributed by atoms with van der Waals surface area (Å²) in [5, 5.41) is 3.04. The first-order valence-electron chi connectivity index (χ1n) is 9.43. The van der Waals surface area contributed by atoms with Crippen molar-refractivity contribution in [3.63, 3.8) is 0 Å². The lowest BCUT2D eigenvalue weighted by Gasteiger charge is -2.18. The SMILES string of the molecule is CCOC(=O)c1c(NC(=O)c2ccccc2OC)sc(C(=O)N(CC)CC)c1C. The molecular formula is C21H26N2O5S. The highest BCUT2D eigenvalue weighted by atomic mass is 32.1. The Bertz CT molecular complexity index is 902. The number of carbonyl (C=O) groups is 3. The van der Waals surface area contributed by atoms with E-state index in [0.717, 1.165) is 11.3 Å². The van der Waals surface area contributed by atoms with E-state index < -0.39 is 11.9 Å². The molecule has 1 aromatic carbocycles. The van der Waals surface area contributed by atoms with Gasteiger partial charge in [0.05, 0.1) is 29.7 Å². The number of methoxy groups -OCH3 is 1. The van der Waals surface area contributed by atoms with Crippen molar-refractivity contribution in [2.24, 2.45) is 0 Å². The number of nitrogens with zero attached hydrogens (tertiary/aromatic N) is 1. The van der Waals surface area contributed by atoms with Gasteiger partial charge in [0.2, 0.25) is 0 Å². The van der Waals surface area contributed by atoms with Crippen LogP contribution in [0.1, 0.15) is 56.7 Å². The van der Waals surface area contributed by atoms with Crippen molar-refractivity contribution in [3.05, 3.63) is 45.8 Å². The molecule has 0 saturated carbocycles. The van der Waals surface area contributed by atoms with E-state index in [2.05, 4.69) is 5.32 Å². The number of para-hydroxylation sites is 1. The Morgan fingerprint density at radius 3 is 2.34 bits per heavy atom. The number of amides is 2. The van der Waals surface area contributed by atoms with Crippen LogP contribution in [-0.4, -0.2) is 49.5 Å². The van der Waals surface area contributed by atoms with Gasteiger partial charge in [0.15, 0.2) is 0 Å². The molecule has 0 aliphatic rings. The maximum atomic E-state index is 12.9. The molecule has 0 spiro atoms. The van der Waals surface area contributed by atoms with Gasteiger partial charge in [-0.05, 0) is 45.4 Å². The summed E-state index contributed by atoms with van der Waals surface area (Å²) in [5.74, 6) is -0.775. The van der Waals surface area contributed by atoms with E-state index in [1.54, 1.807) is 43.0 Å². The highest BCUT2D eigenvalue weighted by Gasteiger charge is 2.28. The number of nitrogens with one attached hydrogen (secondary N) is 1. The van der Waals surface area contributed by atoms with Crippen molar-refractivity contribution in [1.29, 1.82) is 0 Å². The largest absolute Gasteiger partial charge is 0.496 e. The molecule has 29 heavy (non-hydrogen) atoms. The number of rotatable bonds is 8. The smallest absolute Gasteiger partial charge is 0.341 e. The summed E-state index contributed by atoms with van der Waals surface area (Å²) in [6.45, 7) is 8.46. The average molecular weight is 419 g/mol. The molecule has 0 radical (unpaired) electrons. The van der Waals surface area contributed by atoms with Crippen LogP contribution in [0.25, 0.3) is 0 Å². The summed E-state index contributed by atoms with van der Waals surface area (Å²) >= 11 is 1.08. The van der Waals surface area contributed by atoms with Crippen molar-refractivity contribution >= 4 is 34.1 Å². The van der Waals surface area contributed by atoms with Gasteiger partial charge in [0, 0.05) is 13.1 Å². The molecule has 0 aliphatic carbocycles. The zero-order valence-electron chi connectivity index (χ0n) is 17.3. The van der Waals surface area contributed by atoms with Gasteiger partial charge in [-0.25, -0.2) is 4.79 Å². The Kier molecular flexibility index (Phi) is 7.78. The second-order valence-electron chi connectivity index (χ2n) is 6.11. The van der Waals surface area contributed by atoms with E-state index in [4.69, 9.17) is 9.47 Å². The highest BCUT2D eigenvalue weighted by molar-refractivity contribution is 7.18. The van der Waals surface area contributed by atoms with Gasteiger partial charge < -0.3 is 19.7 Å². The van der Waals surface area contributed by atoms with E-state index >= 15 is 0 Å². The molecule has 2 rings (SSSR count). The number of benzene rings is 1. The predicted molar refractivity (Wildman–Crippen MR) is 113 cm³/mol.